The summed E-state index contributed by atoms with van der Waals surface area (Å²) in [4.78, 5) is 23.9. The molecule has 0 bridgehead atoms. The van der Waals surface area contributed by atoms with E-state index >= 15 is 0 Å². The molecular weight excluding hydrogens is 401 g/mol. The largest absolute Gasteiger partial charge is 0.356 e. The summed E-state index contributed by atoms with van der Waals surface area (Å²) in [5.74, 6) is -0.858. The first-order valence-corrected chi connectivity index (χ1v) is 10.4. The van der Waals surface area contributed by atoms with Crippen molar-refractivity contribution in [2.24, 2.45) is 0 Å². The zero-order chi connectivity index (χ0) is 20.9. The van der Waals surface area contributed by atoms with Crippen LogP contribution in [-0.2, 0) is 21.4 Å². The highest BCUT2D eigenvalue weighted by Crippen LogP contribution is 2.09. The van der Waals surface area contributed by atoms with Gasteiger partial charge in [0.15, 0.2) is 5.65 Å². The Bertz CT molecular complexity index is 1150. The number of amides is 1. The van der Waals surface area contributed by atoms with Gasteiger partial charge < -0.3 is 5.32 Å². The average molecular weight is 421 g/mol. The van der Waals surface area contributed by atoms with Gasteiger partial charge in [-0.1, -0.05) is 6.07 Å². The SMILES string of the molecule is O=C(CCNS(=O)(=O)c1ccc(F)cc1)NCCCn1nc2ccccn2c1=O. The van der Waals surface area contributed by atoms with Crippen LogP contribution in [0.4, 0.5) is 4.39 Å². The number of carbonyl (C=O) groups is 1. The third kappa shape index (κ3) is 5.27. The Kier molecular flexibility index (Phi) is 6.39. The minimum atomic E-state index is -3.80. The van der Waals surface area contributed by atoms with Gasteiger partial charge in [-0.15, -0.1) is 5.10 Å². The molecule has 2 heterocycles. The topological polar surface area (TPSA) is 115 Å². The van der Waals surface area contributed by atoms with Gasteiger partial charge in [0.05, 0.1) is 4.90 Å². The maximum Gasteiger partial charge on any atom is 0.350 e. The number of nitrogens with zero attached hydrogens (tertiary/aromatic N) is 3. The molecule has 0 aliphatic rings. The fourth-order valence-electron chi connectivity index (χ4n) is 2.65. The summed E-state index contributed by atoms with van der Waals surface area (Å²) >= 11 is 0. The van der Waals surface area contributed by atoms with Gasteiger partial charge in [-0.2, -0.15) is 0 Å². The molecule has 2 aromatic heterocycles. The molecule has 29 heavy (non-hydrogen) atoms. The van der Waals surface area contributed by atoms with Crippen LogP contribution < -0.4 is 15.7 Å². The van der Waals surface area contributed by atoms with Gasteiger partial charge in [0.2, 0.25) is 15.9 Å². The number of nitrogens with one attached hydrogen (secondary N) is 2. The second-order valence-electron chi connectivity index (χ2n) is 6.24. The predicted molar refractivity (Wildman–Crippen MR) is 103 cm³/mol. The first kappa shape index (κ1) is 20.7. The molecule has 0 fully saturated rings. The summed E-state index contributed by atoms with van der Waals surface area (Å²) in [5, 5.41) is 6.86. The van der Waals surface area contributed by atoms with E-state index in [1.165, 1.54) is 9.08 Å². The number of rotatable bonds is 9. The first-order chi connectivity index (χ1) is 13.9. The number of hydrogen-bond donors (Lipinski definition) is 2. The molecule has 3 rings (SSSR count). The highest BCUT2D eigenvalue weighted by molar-refractivity contribution is 7.89. The van der Waals surface area contributed by atoms with Crippen LogP contribution in [-0.4, -0.2) is 41.6 Å². The lowest BCUT2D eigenvalue weighted by Gasteiger charge is -2.07. The third-order valence-corrected chi connectivity index (χ3v) is 5.60. The fourth-order valence-corrected chi connectivity index (χ4v) is 3.69. The standard InChI is InChI=1S/C18H20FN5O4S/c19-14-5-7-15(8-6-14)29(27,28)21-11-9-17(25)20-10-3-13-24-18(26)23-12-2-1-4-16(23)22-24/h1-2,4-8,12,21H,3,9-11,13H2,(H,20,25). The summed E-state index contributed by atoms with van der Waals surface area (Å²) in [6, 6.07) is 9.66. The van der Waals surface area contributed by atoms with E-state index in [4.69, 9.17) is 0 Å². The number of fused-ring (bicyclic) bond motifs is 1. The third-order valence-electron chi connectivity index (χ3n) is 4.13. The van der Waals surface area contributed by atoms with Crippen molar-refractivity contribution in [1.82, 2.24) is 24.2 Å². The van der Waals surface area contributed by atoms with Gasteiger partial charge in [0.1, 0.15) is 5.82 Å². The summed E-state index contributed by atoms with van der Waals surface area (Å²) in [5.41, 5.74) is 0.303. The Balaban J connectivity index is 1.39. The van der Waals surface area contributed by atoms with Crippen molar-refractivity contribution in [3.05, 3.63) is 65.0 Å². The molecule has 1 amide bonds. The van der Waals surface area contributed by atoms with Crippen molar-refractivity contribution < 1.29 is 17.6 Å². The molecule has 0 saturated heterocycles. The highest BCUT2D eigenvalue weighted by Gasteiger charge is 2.14. The molecule has 0 spiro atoms. The summed E-state index contributed by atoms with van der Waals surface area (Å²) in [6.07, 6.45) is 2.08. The van der Waals surface area contributed by atoms with Gasteiger partial charge in [0.25, 0.3) is 0 Å². The molecule has 0 radical (unpaired) electrons. The minimum absolute atomic E-state index is 0.0469. The van der Waals surface area contributed by atoms with Gasteiger partial charge in [-0.3, -0.25) is 9.20 Å². The second kappa shape index (κ2) is 8.97. The average Bonchev–Trinajstić information content (AvgIpc) is 3.01. The maximum atomic E-state index is 12.9. The minimum Gasteiger partial charge on any atom is -0.356 e. The van der Waals surface area contributed by atoms with Crippen LogP contribution in [0.3, 0.4) is 0 Å². The van der Waals surface area contributed by atoms with Gasteiger partial charge in [-0.25, -0.2) is 27.0 Å². The zero-order valence-electron chi connectivity index (χ0n) is 15.4. The van der Waals surface area contributed by atoms with Crippen LogP contribution in [0.1, 0.15) is 12.8 Å². The molecule has 2 N–H and O–H groups in total. The molecule has 154 valence electrons. The summed E-state index contributed by atoms with van der Waals surface area (Å²) in [6.45, 7) is 0.583. The Morgan fingerprint density at radius 3 is 2.59 bits per heavy atom. The number of benzene rings is 1. The molecule has 11 heteroatoms. The summed E-state index contributed by atoms with van der Waals surface area (Å²) in [7, 11) is -3.80. The van der Waals surface area contributed by atoms with E-state index in [9.17, 15) is 22.4 Å². The molecular formula is C18H20FN5O4S. The van der Waals surface area contributed by atoms with Crippen molar-refractivity contribution >= 4 is 21.6 Å². The molecule has 0 aliphatic heterocycles. The Hall–Kier alpha value is -3.05. The van der Waals surface area contributed by atoms with Crippen molar-refractivity contribution in [1.29, 1.82) is 0 Å². The monoisotopic (exact) mass is 421 g/mol. The molecule has 3 aromatic rings. The maximum absolute atomic E-state index is 12.9. The smallest absolute Gasteiger partial charge is 0.350 e. The Morgan fingerprint density at radius 1 is 1.10 bits per heavy atom. The van der Waals surface area contributed by atoms with E-state index in [0.717, 1.165) is 24.3 Å². The van der Waals surface area contributed by atoms with Crippen molar-refractivity contribution in [2.75, 3.05) is 13.1 Å². The molecule has 0 atom stereocenters. The van der Waals surface area contributed by atoms with Gasteiger partial charge in [0, 0.05) is 32.3 Å². The Labute approximate surface area is 166 Å². The van der Waals surface area contributed by atoms with E-state index in [1.54, 1.807) is 24.4 Å². The number of aryl methyl sites for hydroxylation is 1. The predicted octanol–water partition coefficient (Wildman–Crippen LogP) is 0.510. The van der Waals surface area contributed by atoms with Crippen LogP contribution in [0.5, 0.6) is 0 Å². The van der Waals surface area contributed by atoms with E-state index in [0.29, 0.717) is 25.2 Å². The number of aromatic nitrogens is 3. The molecule has 0 saturated carbocycles. The van der Waals surface area contributed by atoms with Crippen LogP contribution in [0.25, 0.3) is 5.65 Å². The molecule has 0 aliphatic carbocycles. The van der Waals surface area contributed by atoms with Crippen LogP contribution in [0.2, 0.25) is 0 Å². The normalized spacial score (nSPS) is 11.6. The van der Waals surface area contributed by atoms with Gasteiger partial charge in [-0.05, 0) is 42.8 Å². The Morgan fingerprint density at radius 2 is 1.86 bits per heavy atom. The van der Waals surface area contributed by atoms with Crippen LogP contribution in [0, 0.1) is 5.82 Å². The van der Waals surface area contributed by atoms with Gasteiger partial charge >= 0.3 is 5.69 Å². The lowest BCUT2D eigenvalue weighted by Crippen LogP contribution is -2.32. The molecule has 1 aromatic carbocycles. The van der Waals surface area contributed by atoms with Crippen molar-refractivity contribution in [3.8, 4) is 0 Å². The highest BCUT2D eigenvalue weighted by atomic mass is 32.2. The molecule has 9 nitrogen and oxygen atoms in total. The first-order valence-electron chi connectivity index (χ1n) is 8.93. The fraction of sp³-hybridized carbons (Fsp3) is 0.278. The van der Waals surface area contributed by atoms with E-state index in [-0.39, 0.29) is 29.5 Å². The number of pyridine rings is 1. The number of sulfonamides is 1. The number of hydrogen-bond acceptors (Lipinski definition) is 5. The van der Waals surface area contributed by atoms with Crippen molar-refractivity contribution in [2.45, 2.75) is 24.3 Å². The van der Waals surface area contributed by atoms with Crippen molar-refractivity contribution in [3.63, 3.8) is 0 Å². The lowest BCUT2D eigenvalue weighted by molar-refractivity contribution is -0.120. The quantitative estimate of drug-likeness (QED) is 0.489. The lowest BCUT2D eigenvalue weighted by atomic mass is 10.3. The van der Waals surface area contributed by atoms with E-state index in [1.807, 2.05) is 0 Å². The second-order valence-corrected chi connectivity index (χ2v) is 8.01. The van der Waals surface area contributed by atoms with Crippen LogP contribution >= 0.6 is 0 Å². The van der Waals surface area contributed by atoms with Crippen LogP contribution in [0.15, 0.2) is 58.4 Å². The summed E-state index contributed by atoms with van der Waals surface area (Å²) < 4.78 is 42.0. The van der Waals surface area contributed by atoms with E-state index in [2.05, 4.69) is 15.1 Å². The van der Waals surface area contributed by atoms with E-state index < -0.39 is 15.8 Å². The molecule has 0 unspecified atom stereocenters. The zero-order valence-corrected chi connectivity index (χ0v) is 16.2. The number of carbonyl (C=O) groups excluding carboxylic acids is 1. The number of halogens is 1.